The molecule has 1 atom stereocenters. The van der Waals surface area contributed by atoms with E-state index >= 15 is 0 Å². The Labute approximate surface area is 130 Å². The van der Waals surface area contributed by atoms with E-state index in [0.717, 1.165) is 18.2 Å². The Morgan fingerprint density at radius 2 is 2.00 bits per heavy atom. The van der Waals surface area contributed by atoms with Crippen LogP contribution in [0.25, 0.3) is 0 Å². The van der Waals surface area contributed by atoms with E-state index in [2.05, 4.69) is 68.4 Å². The second kappa shape index (κ2) is 6.89. The number of pyridine rings is 1. The van der Waals surface area contributed by atoms with Crippen LogP contribution in [0.15, 0.2) is 18.3 Å². The molecule has 0 saturated heterocycles. The van der Waals surface area contributed by atoms with E-state index in [1.807, 2.05) is 0 Å². The van der Waals surface area contributed by atoms with Gasteiger partial charge in [0.15, 0.2) is 0 Å². The van der Waals surface area contributed by atoms with E-state index < -0.39 is 0 Å². The molecule has 1 aromatic rings. The highest BCUT2D eigenvalue weighted by molar-refractivity contribution is 5.23. The van der Waals surface area contributed by atoms with Gasteiger partial charge in [0, 0.05) is 17.4 Å². The first-order valence-electron chi connectivity index (χ1n) is 8.33. The summed E-state index contributed by atoms with van der Waals surface area (Å²) in [6.07, 6.45) is 7.21. The highest BCUT2D eigenvalue weighted by Crippen LogP contribution is 2.43. The summed E-state index contributed by atoms with van der Waals surface area (Å²) < 4.78 is 0. The van der Waals surface area contributed by atoms with Gasteiger partial charge in [-0.3, -0.25) is 4.98 Å². The molecule has 118 valence electrons. The molecule has 3 heteroatoms. The molecule has 1 aromatic heterocycles. The van der Waals surface area contributed by atoms with E-state index in [1.165, 1.54) is 31.2 Å². The lowest BCUT2D eigenvalue weighted by Crippen LogP contribution is -2.55. The van der Waals surface area contributed by atoms with Crippen molar-refractivity contribution in [1.29, 1.82) is 0 Å². The maximum atomic E-state index is 4.52. The minimum Gasteiger partial charge on any atom is -0.309 e. The molecule has 1 unspecified atom stereocenters. The summed E-state index contributed by atoms with van der Waals surface area (Å²) in [5.41, 5.74) is 2.62. The molecule has 2 rings (SSSR count). The Morgan fingerprint density at radius 3 is 2.48 bits per heavy atom. The normalized spacial score (nSPS) is 27.8. The van der Waals surface area contributed by atoms with Gasteiger partial charge in [-0.25, -0.2) is 0 Å². The summed E-state index contributed by atoms with van der Waals surface area (Å²) in [7, 11) is 4.48. The summed E-state index contributed by atoms with van der Waals surface area (Å²) >= 11 is 0. The van der Waals surface area contributed by atoms with E-state index in [9.17, 15) is 0 Å². The topological polar surface area (TPSA) is 28.2 Å². The SMILES string of the molecule is CCNC(c1ccc(C)nc1)C1(N(C)C)CCC(C)CC1. The lowest BCUT2D eigenvalue weighted by Gasteiger charge is -2.50. The second-order valence-corrected chi connectivity index (χ2v) is 6.90. The average Bonchev–Trinajstić information content (AvgIpc) is 2.47. The second-order valence-electron chi connectivity index (χ2n) is 6.90. The summed E-state index contributed by atoms with van der Waals surface area (Å²) in [5, 5.41) is 3.74. The van der Waals surface area contributed by atoms with E-state index in [-0.39, 0.29) is 5.54 Å². The fraction of sp³-hybridized carbons (Fsp3) is 0.722. The standard InChI is InChI=1S/C18H31N3/c1-6-19-17(16-8-7-15(3)20-13-16)18(21(4)5)11-9-14(2)10-12-18/h7-8,13-14,17,19H,6,9-12H2,1-5H3. The number of likely N-dealkylation sites (N-methyl/N-ethyl adjacent to an activating group) is 2. The maximum absolute atomic E-state index is 4.52. The van der Waals surface area contributed by atoms with Crippen LogP contribution in [-0.4, -0.2) is 36.1 Å². The molecule has 1 heterocycles. The van der Waals surface area contributed by atoms with Gasteiger partial charge < -0.3 is 10.2 Å². The van der Waals surface area contributed by atoms with Gasteiger partial charge in [0.2, 0.25) is 0 Å². The Bertz CT molecular complexity index is 430. The zero-order valence-electron chi connectivity index (χ0n) is 14.3. The molecule has 1 aliphatic carbocycles. The smallest absolute Gasteiger partial charge is 0.0522 e. The summed E-state index contributed by atoms with van der Waals surface area (Å²) in [6, 6.07) is 4.74. The van der Waals surface area contributed by atoms with Crippen molar-refractivity contribution in [2.75, 3.05) is 20.6 Å². The average molecular weight is 289 g/mol. The largest absolute Gasteiger partial charge is 0.309 e. The summed E-state index contributed by atoms with van der Waals surface area (Å²) in [6.45, 7) is 7.62. The fourth-order valence-electron chi connectivity index (χ4n) is 3.73. The van der Waals surface area contributed by atoms with Gasteiger partial charge in [0.25, 0.3) is 0 Å². The van der Waals surface area contributed by atoms with Gasteiger partial charge in [-0.2, -0.15) is 0 Å². The molecule has 0 spiro atoms. The third kappa shape index (κ3) is 3.46. The van der Waals surface area contributed by atoms with Crippen molar-refractivity contribution in [2.24, 2.45) is 5.92 Å². The van der Waals surface area contributed by atoms with Gasteiger partial charge in [-0.05, 0) is 70.8 Å². The van der Waals surface area contributed by atoms with Crippen molar-refractivity contribution < 1.29 is 0 Å². The summed E-state index contributed by atoms with van der Waals surface area (Å²) in [5.74, 6) is 0.858. The lowest BCUT2D eigenvalue weighted by molar-refractivity contribution is 0.0433. The number of rotatable bonds is 5. The number of nitrogens with one attached hydrogen (secondary N) is 1. The number of nitrogens with zero attached hydrogens (tertiary/aromatic N) is 2. The number of aromatic nitrogens is 1. The van der Waals surface area contributed by atoms with Crippen molar-refractivity contribution in [3.05, 3.63) is 29.6 Å². The third-order valence-electron chi connectivity index (χ3n) is 5.24. The highest BCUT2D eigenvalue weighted by atomic mass is 15.2. The van der Waals surface area contributed by atoms with E-state index in [1.54, 1.807) is 0 Å². The van der Waals surface area contributed by atoms with Crippen LogP contribution in [-0.2, 0) is 0 Å². The monoisotopic (exact) mass is 289 g/mol. The molecule has 0 radical (unpaired) electrons. The van der Waals surface area contributed by atoms with Gasteiger partial charge >= 0.3 is 0 Å². The minimum atomic E-state index is 0.208. The minimum absolute atomic E-state index is 0.208. The zero-order chi connectivity index (χ0) is 15.5. The zero-order valence-corrected chi connectivity index (χ0v) is 14.3. The molecule has 0 aliphatic heterocycles. The number of aryl methyl sites for hydroxylation is 1. The molecule has 0 amide bonds. The Hall–Kier alpha value is -0.930. The van der Waals surface area contributed by atoms with Crippen LogP contribution >= 0.6 is 0 Å². The van der Waals surface area contributed by atoms with Gasteiger partial charge in [-0.1, -0.05) is 19.9 Å². The first kappa shape index (κ1) is 16.4. The first-order chi connectivity index (χ1) is 9.99. The molecule has 1 aliphatic rings. The Balaban J connectivity index is 2.35. The molecule has 0 bridgehead atoms. The summed E-state index contributed by atoms with van der Waals surface area (Å²) in [4.78, 5) is 6.97. The molecule has 1 N–H and O–H groups in total. The van der Waals surface area contributed by atoms with Gasteiger partial charge in [0.05, 0.1) is 6.04 Å². The predicted octanol–water partition coefficient (Wildman–Crippen LogP) is 3.55. The van der Waals surface area contributed by atoms with Gasteiger partial charge in [0.1, 0.15) is 0 Å². The molecule has 1 saturated carbocycles. The van der Waals surface area contributed by atoms with Gasteiger partial charge in [-0.15, -0.1) is 0 Å². The fourth-order valence-corrected chi connectivity index (χ4v) is 3.73. The van der Waals surface area contributed by atoms with Crippen molar-refractivity contribution in [3.8, 4) is 0 Å². The molecular weight excluding hydrogens is 258 g/mol. The molecule has 21 heavy (non-hydrogen) atoms. The molecule has 1 fully saturated rings. The highest BCUT2D eigenvalue weighted by Gasteiger charge is 2.43. The van der Waals surface area contributed by atoms with Crippen LogP contribution in [0.1, 0.15) is 56.8 Å². The van der Waals surface area contributed by atoms with Crippen LogP contribution in [0.5, 0.6) is 0 Å². The molecule has 3 nitrogen and oxygen atoms in total. The van der Waals surface area contributed by atoms with Crippen molar-refractivity contribution in [3.63, 3.8) is 0 Å². The molecular formula is C18H31N3. The van der Waals surface area contributed by atoms with Crippen LogP contribution < -0.4 is 5.32 Å². The van der Waals surface area contributed by atoms with Crippen LogP contribution in [0.3, 0.4) is 0 Å². The Morgan fingerprint density at radius 1 is 1.33 bits per heavy atom. The quantitative estimate of drug-likeness (QED) is 0.898. The van der Waals surface area contributed by atoms with Crippen LogP contribution in [0.4, 0.5) is 0 Å². The third-order valence-corrected chi connectivity index (χ3v) is 5.24. The van der Waals surface area contributed by atoms with Crippen molar-refractivity contribution in [1.82, 2.24) is 15.2 Å². The number of hydrogen-bond acceptors (Lipinski definition) is 3. The molecule has 0 aromatic carbocycles. The van der Waals surface area contributed by atoms with E-state index in [4.69, 9.17) is 0 Å². The first-order valence-corrected chi connectivity index (χ1v) is 8.33. The lowest BCUT2D eigenvalue weighted by atomic mass is 9.70. The van der Waals surface area contributed by atoms with Crippen molar-refractivity contribution in [2.45, 2.75) is 58.0 Å². The Kier molecular flexibility index (Phi) is 5.39. The van der Waals surface area contributed by atoms with Crippen LogP contribution in [0.2, 0.25) is 0 Å². The van der Waals surface area contributed by atoms with Crippen molar-refractivity contribution >= 4 is 0 Å². The van der Waals surface area contributed by atoms with Crippen LogP contribution in [0, 0.1) is 12.8 Å². The predicted molar refractivity (Wildman–Crippen MR) is 89.4 cm³/mol. The van der Waals surface area contributed by atoms with E-state index in [0.29, 0.717) is 6.04 Å². The number of hydrogen-bond donors (Lipinski definition) is 1. The maximum Gasteiger partial charge on any atom is 0.0522 e.